The Kier molecular flexibility index (Phi) is 7.61. The van der Waals surface area contributed by atoms with Crippen molar-refractivity contribution in [2.24, 2.45) is 0 Å². The minimum absolute atomic E-state index is 0.0596. The third kappa shape index (κ3) is 5.81. The summed E-state index contributed by atoms with van der Waals surface area (Å²) in [6.45, 7) is 0. The first kappa shape index (κ1) is 28.2. The zero-order valence-corrected chi connectivity index (χ0v) is 19.6. The van der Waals surface area contributed by atoms with Gasteiger partial charge in [0.05, 0.1) is 41.0 Å². The Hall–Kier alpha value is -1.00. The van der Waals surface area contributed by atoms with Crippen LogP contribution in [-0.4, -0.2) is 25.9 Å². The van der Waals surface area contributed by atoms with Crippen LogP contribution in [0.25, 0.3) is 0 Å². The molecule has 33 heavy (non-hydrogen) atoms. The first-order chi connectivity index (χ1) is 14.6. The van der Waals surface area contributed by atoms with Crippen LogP contribution in [0.5, 0.6) is 0 Å². The van der Waals surface area contributed by atoms with E-state index in [0.29, 0.717) is 0 Å². The van der Waals surface area contributed by atoms with E-state index in [9.17, 15) is 52.3 Å². The molecule has 0 bridgehead atoms. The SMILES string of the molecule is O=S(=O)([O-])c1c(Cl)cc(C(F)(F)F)c(Cc2c(C(F)(F)F)cc(Cl)c(S(=O)(=O)[O-])c2Cl)c1Cl. The lowest BCUT2D eigenvalue weighted by Crippen LogP contribution is -2.17. The van der Waals surface area contributed by atoms with Crippen molar-refractivity contribution in [3.05, 3.63) is 54.5 Å². The van der Waals surface area contributed by atoms with Gasteiger partial charge in [-0.05, 0) is 23.3 Å². The monoisotopic (exact) mass is 598 g/mol. The number of halogens is 10. The molecule has 0 aromatic heterocycles. The van der Waals surface area contributed by atoms with Crippen LogP contribution in [0, 0.1) is 0 Å². The Balaban J connectivity index is 3.07. The molecule has 184 valence electrons. The molecule has 0 aliphatic heterocycles. The average molecular weight is 600 g/mol. The zero-order chi connectivity index (χ0) is 25.9. The van der Waals surface area contributed by atoms with E-state index in [1.807, 2.05) is 0 Å². The molecule has 18 heteroatoms. The quantitative estimate of drug-likeness (QED) is 0.327. The Morgan fingerprint density at radius 1 is 0.667 bits per heavy atom. The number of benzene rings is 2. The smallest absolute Gasteiger partial charge is 0.416 e. The summed E-state index contributed by atoms with van der Waals surface area (Å²) in [6.07, 6.45) is -12.4. The zero-order valence-electron chi connectivity index (χ0n) is 14.9. The van der Waals surface area contributed by atoms with Gasteiger partial charge in [0.15, 0.2) is 0 Å². The fraction of sp³-hybridized carbons (Fsp3) is 0.200. The van der Waals surface area contributed by atoms with E-state index in [-0.39, 0.29) is 12.1 Å². The van der Waals surface area contributed by atoms with Gasteiger partial charge >= 0.3 is 12.4 Å². The van der Waals surface area contributed by atoms with Crippen molar-refractivity contribution in [2.75, 3.05) is 0 Å². The number of hydrogen-bond donors (Lipinski definition) is 0. The Labute approximate surface area is 201 Å². The molecule has 0 atom stereocenters. The molecule has 0 N–H and O–H groups in total. The predicted octanol–water partition coefficient (Wildman–Crippen LogP) is 5.74. The molecule has 0 spiro atoms. The van der Waals surface area contributed by atoms with E-state index in [4.69, 9.17) is 46.4 Å². The van der Waals surface area contributed by atoms with Crippen LogP contribution in [0.3, 0.4) is 0 Å². The van der Waals surface area contributed by atoms with Crippen molar-refractivity contribution < 1.29 is 52.3 Å². The highest BCUT2D eigenvalue weighted by atomic mass is 35.5. The molecule has 0 aliphatic carbocycles. The second-order valence-electron chi connectivity index (χ2n) is 6.14. The molecule has 0 saturated heterocycles. The second-order valence-corrected chi connectivity index (χ2v) is 10.3. The number of hydrogen-bond acceptors (Lipinski definition) is 6. The van der Waals surface area contributed by atoms with Crippen LogP contribution in [-0.2, 0) is 39.0 Å². The summed E-state index contributed by atoms with van der Waals surface area (Å²) in [5.74, 6) is 0. The van der Waals surface area contributed by atoms with Crippen molar-refractivity contribution in [3.8, 4) is 0 Å². The standard InChI is InChI=1S/C15H6Cl4F6O6S2/c16-8-2-6(14(20,21)22)4(10(18)12(8)32(26,27)28)1-5-7(15(23,24)25)3-9(17)13(11(5)19)33(29,30)31/h2-3H,1H2,(H,26,27,28)(H,29,30,31)/p-2. The third-order valence-corrected chi connectivity index (χ3v) is 7.75. The normalized spacial score (nSPS) is 13.5. The Morgan fingerprint density at radius 3 is 1.15 bits per heavy atom. The predicted molar refractivity (Wildman–Crippen MR) is 102 cm³/mol. The fourth-order valence-electron chi connectivity index (χ4n) is 2.77. The van der Waals surface area contributed by atoms with Crippen molar-refractivity contribution >= 4 is 66.6 Å². The van der Waals surface area contributed by atoms with Crippen LogP contribution >= 0.6 is 46.4 Å². The van der Waals surface area contributed by atoms with Gasteiger partial charge in [-0.25, -0.2) is 16.8 Å². The third-order valence-electron chi connectivity index (χ3n) is 4.02. The molecule has 2 aromatic rings. The van der Waals surface area contributed by atoms with Gasteiger partial charge in [-0.3, -0.25) is 0 Å². The van der Waals surface area contributed by atoms with Crippen LogP contribution in [0.1, 0.15) is 22.3 Å². The number of alkyl halides is 6. The summed E-state index contributed by atoms with van der Waals surface area (Å²) < 4.78 is 150. The lowest BCUT2D eigenvalue weighted by molar-refractivity contribution is -0.138. The topological polar surface area (TPSA) is 114 Å². The van der Waals surface area contributed by atoms with Crippen molar-refractivity contribution in [1.29, 1.82) is 0 Å². The lowest BCUT2D eigenvalue weighted by Gasteiger charge is -2.23. The van der Waals surface area contributed by atoms with E-state index in [2.05, 4.69) is 0 Å². The van der Waals surface area contributed by atoms with Crippen molar-refractivity contribution in [3.63, 3.8) is 0 Å². The van der Waals surface area contributed by atoms with Crippen LogP contribution in [0.4, 0.5) is 26.3 Å². The Bertz CT molecular complexity index is 1250. The van der Waals surface area contributed by atoms with Gasteiger partial charge in [0.2, 0.25) is 0 Å². The summed E-state index contributed by atoms with van der Waals surface area (Å²) >= 11 is 22.2. The lowest BCUT2D eigenvalue weighted by atomic mass is 9.95. The van der Waals surface area contributed by atoms with Gasteiger partial charge in [-0.1, -0.05) is 46.4 Å². The van der Waals surface area contributed by atoms with E-state index in [1.165, 1.54) is 0 Å². The summed E-state index contributed by atoms with van der Waals surface area (Å²) in [6, 6.07) is -0.119. The molecule has 0 heterocycles. The molecular weight excluding hydrogens is 596 g/mol. The molecule has 0 radical (unpaired) electrons. The molecule has 6 nitrogen and oxygen atoms in total. The average Bonchev–Trinajstić information content (AvgIpc) is 2.54. The molecule has 0 amide bonds. The van der Waals surface area contributed by atoms with Crippen molar-refractivity contribution in [1.82, 2.24) is 0 Å². The Morgan fingerprint density at radius 2 is 0.939 bits per heavy atom. The van der Waals surface area contributed by atoms with Gasteiger partial charge in [0, 0.05) is 6.42 Å². The minimum atomic E-state index is -5.63. The molecule has 2 rings (SSSR count). The van der Waals surface area contributed by atoms with Gasteiger partial charge in [0.25, 0.3) is 0 Å². The maximum atomic E-state index is 13.5. The summed E-state index contributed by atoms with van der Waals surface area (Å²) in [5, 5.41) is -5.50. The maximum Gasteiger partial charge on any atom is 0.416 e. The van der Waals surface area contributed by atoms with E-state index in [0.717, 1.165) is 0 Å². The van der Waals surface area contributed by atoms with Gasteiger partial charge in [-0.2, -0.15) is 26.3 Å². The highest BCUT2D eigenvalue weighted by Gasteiger charge is 2.40. The summed E-state index contributed by atoms with van der Waals surface area (Å²) in [7, 11) is -11.3. The van der Waals surface area contributed by atoms with Gasteiger partial charge < -0.3 is 9.11 Å². The van der Waals surface area contributed by atoms with Crippen LogP contribution in [0.2, 0.25) is 20.1 Å². The molecule has 2 aromatic carbocycles. The van der Waals surface area contributed by atoms with Crippen molar-refractivity contribution in [2.45, 2.75) is 28.6 Å². The van der Waals surface area contributed by atoms with Gasteiger partial charge in [0.1, 0.15) is 20.2 Å². The summed E-state index contributed by atoms with van der Waals surface area (Å²) in [5.41, 5.74) is -6.52. The van der Waals surface area contributed by atoms with E-state index < -0.39 is 91.1 Å². The van der Waals surface area contributed by atoms with Gasteiger partial charge in [-0.15, -0.1) is 0 Å². The molecule has 0 fully saturated rings. The first-order valence-corrected chi connectivity index (χ1v) is 12.0. The second kappa shape index (κ2) is 8.90. The number of rotatable bonds is 4. The fourth-order valence-corrected chi connectivity index (χ4v) is 6.23. The molecule has 0 aliphatic rings. The molecule has 0 unspecified atom stereocenters. The first-order valence-electron chi connectivity index (χ1n) is 7.66. The maximum absolute atomic E-state index is 13.5. The molecular formula is C15H4Cl4F6O6S2-2. The highest BCUT2D eigenvalue weighted by Crippen LogP contribution is 2.46. The molecule has 0 saturated carbocycles. The largest absolute Gasteiger partial charge is 0.744 e. The van der Waals surface area contributed by atoms with E-state index >= 15 is 0 Å². The van der Waals surface area contributed by atoms with Crippen LogP contribution in [0.15, 0.2) is 21.9 Å². The summed E-state index contributed by atoms with van der Waals surface area (Å²) in [4.78, 5) is -3.13. The highest BCUT2D eigenvalue weighted by molar-refractivity contribution is 7.86. The van der Waals surface area contributed by atoms with Crippen LogP contribution < -0.4 is 0 Å². The van der Waals surface area contributed by atoms with E-state index in [1.54, 1.807) is 0 Å². The minimum Gasteiger partial charge on any atom is -0.744 e.